The van der Waals surface area contributed by atoms with Crippen LogP contribution in [0.5, 0.6) is 0 Å². The topological polar surface area (TPSA) is 78.9 Å². The van der Waals surface area contributed by atoms with Crippen molar-refractivity contribution >= 4 is 23.1 Å². The first-order valence-electron chi connectivity index (χ1n) is 5.96. The van der Waals surface area contributed by atoms with Gasteiger partial charge >= 0.3 is 0 Å². The number of hydrogen-bond donors (Lipinski definition) is 2. The molecule has 0 saturated heterocycles. The zero-order chi connectivity index (χ0) is 14.5. The molecule has 0 aliphatic rings. The normalized spacial score (nSPS) is 11.3. The summed E-state index contributed by atoms with van der Waals surface area (Å²) >= 11 is 1.49. The van der Waals surface area contributed by atoms with Crippen molar-refractivity contribution < 1.29 is 10.0 Å². The molecular formula is C14H15N3O2S. The summed E-state index contributed by atoms with van der Waals surface area (Å²) in [5.41, 5.74) is 7.78. The molecule has 0 atom stereocenters. The Morgan fingerprint density at radius 2 is 2.20 bits per heavy atom. The third kappa shape index (κ3) is 3.16. The van der Waals surface area contributed by atoms with E-state index in [4.69, 9.17) is 10.9 Å². The number of carbonyl (C=O) groups is 1. The monoisotopic (exact) mass is 289 g/mol. The molecule has 0 radical (unpaired) electrons. The predicted octanol–water partition coefficient (Wildman–Crippen LogP) is 2.11. The molecule has 0 aliphatic heterocycles. The number of benzene rings is 1. The predicted molar refractivity (Wildman–Crippen MR) is 79.1 cm³/mol. The number of amidine groups is 1. The maximum absolute atomic E-state index is 12.1. The van der Waals surface area contributed by atoms with Crippen LogP contribution in [0.3, 0.4) is 0 Å². The van der Waals surface area contributed by atoms with E-state index < -0.39 is 0 Å². The molecule has 2 rings (SSSR count). The van der Waals surface area contributed by atoms with Crippen molar-refractivity contribution in [3.63, 3.8) is 0 Å². The molecule has 0 fully saturated rings. The molecule has 104 valence electrons. The minimum atomic E-state index is -0.0274. The van der Waals surface area contributed by atoms with Crippen LogP contribution < -0.4 is 5.73 Å². The lowest BCUT2D eigenvalue weighted by Crippen LogP contribution is -2.26. The van der Waals surface area contributed by atoms with E-state index in [0.717, 1.165) is 5.56 Å². The summed E-state index contributed by atoms with van der Waals surface area (Å²) in [7, 11) is 1.75. The second-order valence-electron chi connectivity index (χ2n) is 4.36. The van der Waals surface area contributed by atoms with E-state index in [1.54, 1.807) is 30.1 Å². The highest BCUT2D eigenvalue weighted by Gasteiger charge is 2.12. The van der Waals surface area contributed by atoms with Gasteiger partial charge in [0, 0.05) is 24.5 Å². The maximum atomic E-state index is 12.1. The standard InChI is InChI=1S/C14H15N3O2S/c1-17(14(18)12-5-6-20-9-12)8-10-3-2-4-11(7-10)13(15)16-19/h2-7,9,19H,8H2,1H3,(H2,15,16). The van der Waals surface area contributed by atoms with Crippen LogP contribution in [-0.2, 0) is 6.54 Å². The average molecular weight is 289 g/mol. The number of rotatable bonds is 4. The van der Waals surface area contributed by atoms with Gasteiger partial charge in [-0.1, -0.05) is 23.4 Å². The summed E-state index contributed by atoms with van der Waals surface area (Å²) in [6.07, 6.45) is 0. The van der Waals surface area contributed by atoms with Gasteiger partial charge in [0.2, 0.25) is 0 Å². The molecule has 0 saturated carbocycles. The second kappa shape index (κ2) is 6.21. The largest absolute Gasteiger partial charge is 0.409 e. The molecule has 5 nitrogen and oxygen atoms in total. The summed E-state index contributed by atoms with van der Waals surface area (Å²) < 4.78 is 0. The van der Waals surface area contributed by atoms with Gasteiger partial charge in [-0.3, -0.25) is 4.79 Å². The van der Waals surface area contributed by atoms with Crippen molar-refractivity contribution in [1.29, 1.82) is 0 Å². The summed E-state index contributed by atoms with van der Waals surface area (Å²) in [5.74, 6) is 0.0270. The number of nitrogens with zero attached hydrogens (tertiary/aromatic N) is 2. The maximum Gasteiger partial charge on any atom is 0.254 e. The summed E-state index contributed by atoms with van der Waals surface area (Å²) in [4.78, 5) is 13.8. The van der Waals surface area contributed by atoms with Crippen LogP contribution in [0.1, 0.15) is 21.5 Å². The Morgan fingerprint density at radius 3 is 2.85 bits per heavy atom. The Bertz CT molecular complexity index is 623. The van der Waals surface area contributed by atoms with E-state index in [2.05, 4.69) is 5.16 Å². The second-order valence-corrected chi connectivity index (χ2v) is 5.14. The first kappa shape index (κ1) is 14.1. The summed E-state index contributed by atoms with van der Waals surface area (Å²) in [6, 6.07) is 9.05. The smallest absolute Gasteiger partial charge is 0.254 e. The number of carbonyl (C=O) groups excluding carboxylic acids is 1. The van der Waals surface area contributed by atoms with Gasteiger partial charge in [-0.2, -0.15) is 11.3 Å². The Morgan fingerprint density at radius 1 is 1.40 bits per heavy atom. The lowest BCUT2D eigenvalue weighted by molar-refractivity contribution is 0.0785. The number of thiophene rings is 1. The van der Waals surface area contributed by atoms with E-state index in [0.29, 0.717) is 17.7 Å². The first-order chi connectivity index (χ1) is 9.61. The van der Waals surface area contributed by atoms with E-state index >= 15 is 0 Å². The van der Waals surface area contributed by atoms with Crippen molar-refractivity contribution in [3.05, 3.63) is 57.8 Å². The zero-order valence-corrected chi connectivity index (χ0v) is 11.8. The molecule has 1 amide bonds. The Labute approximate surface area is 120 Å². The zero-order valence-electron chi connectivity index (χ0n) is 11.0. The first-order valence-corrected chi connectivity index (χ1v) is 6.90. The Balaban J connectivity index is 2.12. The highest BCUT2D eigenvalue weighted by Crippen LogP contribution is 2.12. The van der Waals surface area contributed by atoms with E-state index in [-0.39, 0.29) is 11.7 Å². The fraction of sp³-hybridized carbons (Fsp3) is 0.143. The van der Waals surface area contributed by atoms with Crippen LogP contribution in [0.4, 0.5) is 0 Å². The van der Waals surface area contributed by atoms with Crippen molar-refractivity contribution in [3.8, 4) is 0 Å². The van der Waals surface area contributed by atoms with Gasteiger partial charge in [-0.25, -0.2) is 0 Å². The van der Waals surface area contributed by atoms with E-state index in [9.17, 15) is 4.79 Å². The SMILES string of the molecule is CN(Cc1cccc(C(N)=NO)c1)C(=O)c1ccsc1. The van der Waals surface area contributed by atoms with Gasteiger partial charge in [-0.15, -0.1) is 0 Å². The van der Waals surface area contributed by atoms with Gasteiger partial charge in [0.05, 0.1) is 5.56 Å². The fourth-order valence-electron chi connectivity index (χ4n) is 1.84. The number of hydrogen-bond acceptors (Lipinski definition) is 4. The Hall–Kier alpha value is -2.34. The highest BCUT2D eigenvalue weighted by atomic mass is 32.1. The average Bonchev–Trinajstić information content (AvgIpc) is 3.00. The van der Waals surface area contributed by atoms with Crippen LogP contribution in [0, 0.1) is 0 Å². The van der Waals surface area contributed by atoms with Crippen molar-refractivity contribution in [1.82, 2.24) is 4.90 Å². The number of oxime groups is 1. The van der Waals surface area contributed by atoms with Crippen LogP contribution in [-0.4, -0.2) is 28.9 Å². The van der Waals surface area contributed by atoms with E-state index in [1.165, 1.54) is 11.3 Å². The van der Waals surface area contributed by atoms with Gasteiger partial charge in [0.15, 0.2) is 5.84 Å². The lowest BCUT2D eigenvalue weighted by atomic mass is 10.1. The van der Waals surface area contributed by atoms with Gasteiger partial charge in [-0.05, 0) is 23.1 Å². The molecular weight excluding hydrogens is 274 g/mol. The Kier molecular flexibility index (Phi) is 4.37. The van der Waals surface area contributed by atoms with Crippen LogP contribution in [0.15, 0.2) is 46.2 Å². The summed E-state index contributed by atoms with van der Waals surface area (Å²) in [6.45, 7) is 0.460. The quantitative estimate of drug-likeness (QED) is 0.391. The third-order valence-corrected chi connectivity index (χ3v) is 3.55. The molecule has 2 aromatic rings. The van der Waals surface area contributed by atoms with Crippen LogP contribution >= 0.6 is 11.3 Å². The molecule has 6 heteroatoms. The highest BCUT2D eigenvalue weighted by molar-refractivity contribution is 7.08. The third-order valence-electron chi connectivity index (χ3n) is 2.87. The van der Waals surface area contributed by atoms with Crippen molar-refractivity contribution in [2.24, 2.45) is 10.9 Å². The minimum Gasteiger partial charge on any atom is -0.409 e. The molecule has 0 spiro atoms. The molecule has 0 bridgehead atoms. The molecule has 0 unspecified atom stereocenters. The summed E-state index contributed by atoms with van der Waals surface area (Å²) in [5, 5.41) is 15.3. The van der Waals surface area contributed by atoms with Crippen LogP contribution in [0.25, 0.3) is 0 Å². The van der Waals surface area contributed by atoms with E-state index in [1.807, 2.05) is 22.9 Å². The number of nitrogens with two attached hydrogens (primary N) is 1. The lowest BCUT2D eigenvalue weighted by Gasteiger charge is -2.17. The number of amides is 1. The molecule has 1 aromatic carbocycles. The van der Waals surface area contributed by atoms with Crippen molar-refractivity contribution in [2.75, 3.05) is 7.05 Å². The minimum absolute atomic E-state index is 0.0274. The molecule has 0 aliphatic carbocycles. The van der Waals surface area contributed by atoms with Gasteiger partial charge < -0.3 is 15.8 Å². The molecule has 3 N–H and O–H groups in total. The van der Waals surface area contributed by atoms with Crippen LogP contribution in [0.2, 0.25) is 0 Å². The van der Waals surface area contributed by atoms with Gasteiger partial charge in [0.25, 0.3) is 5.91 Å². The molecule has 1 heterocycles. The molecule has 1 aromatic heterocycles. The van der Waals surface area contributed by atoms with Gasteiger partial charge in [0.1, 0.15) is 0 Å². The molecule has 20 heavy (non-hydrogen) atoms. The van der Waals surface area contributed by atoms with Crippen molar-refractivity contribution in [2.45, 2.75) is 6.54 Å². The fourth-order valence-corrected chi connectivity index (χ4v) is 2.47.